The molecule has 0 bridgehead atoms. The maximum absolute atomic E-state index is 9.78. The van der Waals surface area contributed by atoms with Crippen molar-refractivity contribution in [2.24, 2.45) is 0 Å². The van der Waals surface area contributed by atoms with Gasteiger partial charge in [0.25, 0.3) is 5.89 Å². The molecular formula is C17H14N2O2. The third-order valence-corrected chi connectivity index (χ3v) is 4.14. The van der Waals surface area contributed by atoms with Crippen molar-refractivity contribution in [2.45, 2.75) is 19.3 Å². The first-order chi connectivity index (χ1) is 10.2. The Bertz CT molecular complexity index is 823. The van der Waals surface area contributed by atoms with Gasteiger partial charge in [-0.3, -0.25) is 0 Å². The Morgan fingerprint density at radius 2 is 2.00 bits per heavy atom. The second-order valence-corrected chi connectivity index (χ2v) is 5.36. The highest BCUT2D eigenvalue weighted by Crippen LogP contribution is 2.39. The maximum atomic E-state index is 9.78. The summed E-state index contributed by atoms with van der Waals surface area (Å²) in [4.78, 5) is 4.51. The molecule has 1 aliphatic carbocycles. The molecule has 4 heteroatoms. The molecule has 3 aromatic rings. The number of benzene rings is 2. The number of nitrogens with zero attached hydrogens (tertiary/aromatic N) is 2. The zero-order valence-corrected chi connectivity index (χ0v) is 11.6. The van der Waals surface area contributed by atoms with Gasteiger partial charge in [0.1, 0.15) is 5.75 Å². The fraction of sp³-hybridized carbons (Fsp3) is 0.176. The minimum absolute atomic E-state index is 0.219. The van der Waals surface area contributed by atoms with Gasteiger partial charge in [0.2, 0.25) is 0 Å². The van der Waals surface area contributed by atoms with Gasteiger partial charge in [0.05, 0.1) is 5.92 Å². The zero-order chi connectivity index (χ0) is 14.4. The van der Waals surface area contributed by atoms with E-state index >= 15 is 0 Å². The van der Waals surface area contributed by atoms with Crippen LogP contribution in [-0.2, 0) is 6.42 Å². The zero-order valence-electron chi connectivity index (χ0n) is 11.6. The molecule has 0 aliphatic heterocycles. The van der Waals surface area contributed by atoms with E-state index in [0.717, 1.165) is 17.5 Å². The number of hydrogen-bond acceptors (Lipinski definition) is 4. The number of aromatic nitrogens is 2. The number of hydrogen-bond donors (Lipinski definition) is 1. The van der Waals surface area contributed by atoms with E-state index in [1.165, 1.54) is 11.1 Å². The largest absolute Gasteiger partial charge is 0.508 e. The van der Waals surface area contributed by atoms with Crippen LogP contribution in [0.5, 0.6) is 5.75 Å². The highest BCUT2D eigenvalue weighted by molar-refractivity contribution is 5.62. The molecule has 104 valence electrons. The van der Waals surface area contributed by atoms with Crippen molar-refractivity contribution in [3.63, 3.8) is 0 Å². The average molecular weight is 278 g/mol. The summed E-state index contributed by atoms with van der Waals surface area (Å²) in [7, 11) is 0. The molecule has 0 saturated carbocycles. The summed E-state index contributed by atoms with van der Waals surface area (Å²) < 4.78 is 5.39. The van der Waals surface area contributed by atoms with Crippen molar-refractivity contribution in [1.82, 2.24) is 10.1 Å². The summed E-state index contributed by atoms with van der Waals surface area (Å²) in [6.07, 6.45) is 0.953. The molecular weight excluding hydrogens is 264 g/mol. The van der Waals surface area contributed by atoms with Gasteiger partial charge in [-0.05, 0) is 36.6 Å². The minimum atomic E-state index is 0.219. The summed E-state index contributed by atoms with van der Waals surface area (Å²) in [5, 5.41) is 13.9. The standard InChI is InChI=1S/C17H14N2O2/c1-10-12(7-4-8-15(10)20)17-18-16(19-21-17)14-9-11-5-2-3-6-13(11)14/h2-8,14,20H,9H2,1H3. The van der Waals surface area contributed by atoms with Crippen LogP contribution in [0.4, 0.5) is 0 Å². The van der Waals surface area contributed by atoms with Gasteiger partial charge in [-0.25, -0.2) is 0 Å². The van der Waals surface area contributed by atoms with Crippen LogP contribution >= 0.6 is 0 Å². The summed E-state index contributed by atoms with van der Waals surface area (Å²) in [5.74, 6) is 1.63. The molecule has 0 spiro atoms. The van der Waals surface area contributed by atoms with E-state index in [0.29, 0.717) is 11.7 Å². The number of fused-ring (bicyclic) bond motifs is 1. The Hall–Kier alpha value is -2.62. The van der Waals surface area contributed by atoms with Crippen molar-refractivity contribution < 1.29 is 9.63 Å². The molecule has 1 unspecified atom stereocenters. The first kappa shape index (κ1) is 12.1. The van der Waals surface area contributed by atoms with E-state index in [-0.39, 0.29) is 11.7 Å². The van der Waals surface area contributed by atoms with Crippen LogP contribution in [0.1, 0.15) is 28.4 Å². The molecule has 4 rings (SSSR count). The van der Waals surface area contributed by atoms with E-state index in [9.17, 15) is 5.11 Å². The van der Waals surface area contributed by atoms with E-state index in [1.54, 1.807) is 12.1 Å². The number of phenols is 1. The fourth-order valence-corrected chi connectivity index (χ4v) is 2.83. The SMILES string of the molecule is Cc1c(O)cccc1-c1nc(C2Cc3ccccc32)no1. The van der Waals surface area contributed by atoms with Crippen LogP contribution in [0.15, 0.2) is 47.0 Å². The Morgan fingerprint density at radius 3 is 2.86 bits per heavy atom. The highest BCUT2D eigenvalue weighted by Gasteiger charge is 2.31. The topological polar surface area (TPSA) is 59.2 Å². The van der Waals surface area contributed by atoms with Gasteiger partial charge in [0, 0.05) is 11.1 Å². The second-order valence-electron chi connectivity index (χ2n) is 5.36. The third-order valence-electron chi connectivity index (χ3n) is 4.14. The van der Waals surface area contributed by atoms with Gasteiger partial charge in [0.15, 0.2) is 5.82 Å². The van der Waals surface area contributed by atoms with E-state index in [4.69, 9.17) is 4.52 Å². The molecule has 4 nitrogen and oxygen atoms in total. The van der Waals surface area contributed by atoms with Crippen LogP contribution in [0, 0.1) is 6.92 Å². The van der Waals surface area contributed by atoms with Crippen LogP contribution in [0.3, 0.4) is 0 Å². The molecule has 1 aromatic heterocycles. The van der Waals surface area contributed by atoms with Gasteiger partial charge in [-0.15, -0.1) is 0 Å². The number of rotatable bonds is 2. The van der Waals surface area contributed by atoms with Crippen LogP contribution in [-0.4, -0.2) is 15.2 Å². The summed E-state index contributed by atoms with van der Waals surface area (Å²) in [5.41, 5.74) is 4.16. The molecule has 2 aromatic carbocycles. The first-order valence-corrected chi connectivity index (χ1v) is 6.94. The smallest absolute Gasteiger partial charge is 0.258 e. The van der Waals surface area contributed by atoms with Crippen LogP contribution in [0.2, 0.25) is 0 Å². The number of phenolic OH excluding ortho intramolecular Hbond substituents is 1. The minimum Gasteiger partial charge on any atom is -0.508 e. The normalized spacial score (nSPS) is 16.3. The molecule has 0 fully saturated rings. The van der Waals surface area contributed by atoms with E-state index < -0.39 is 0 Å². The predicted molar refractivity (Wildman–Crippen MR) is 78.1 cm³/mol. The summed E-state index contributed by atoms with van der Waals surface area (Å²) in [6, 6.07) is 13.6. The van der Waals surface area contributed by atoms with Gasteiger partial charge < -0.3 is 9.63 Å². The van der Waals surface area contributed by atoms with Gasteiger partial charge in [-0.2, -0.15) is 4.98 Å². The molecule has 1 atom stereocenters. The van der Waals surface area contributed by atoms with Crippen molar-refractivity contribution in [2.75, 3.05) is 0 Å². The van der Waals surface area contributed by atoms with Gasteiger partial charge in [-0.1, -0.05) is 35.5 Å². The summed E-state index contributed by atoms with van der Waals surface area (Å²) in [6.45, 7) is 1.84. The van der Waals surface area contributed by atoms with Crippen molar-refractivity contribution >= 4 is 0 Å². The Balaban J connectivity index is 1.70. The predicted octanol–water partition coefficient (Wildman–Crippen LogP) is 3.44. The Labute approximate surface area is 122 Å². The van der Waals surface area contributed by atoms with Gasteiger partial charge >= 0.3 is 0 Å². The third kappa shape index (κ3) is 1.83. The lowest BCUT2D eigenvalue weighted by Gasteiger charge is -2.27. The first-order valence-electron chi connectivity index (χ1n) is 6.94. The monoisotopic (exact) mass is 278 g/mol. The molecule has 21 heavy (non-hydrogen) atoms. The second kappa shape index (κ2) is 4.45. The quantitative estimate of drug-likeness (QED) is 0.780. The lowest BCUT2D eigenvalue weighted by Crippen LogP contribution is -2.19. The van der Waals surface area contributed by atoms with Crippen LogP contribution < -0.4 is 0 Å². The molecule has 0 amide bonds. The highest BCUT2D eigenvalue weighted by atomic mass is 16.5. The lowest BCUT2D eigenvalue weighted by molar-refractivity contribution is 0.415. The van der Waals surface area contributed by atoms with Crippen LogP contribution in [0.25, 0.3) is 11.5 Å². The summed E-state index contributed by atoms with van der Waals surface area (Å²) >= 11 is 0. The van der Waals surface area contributed by atoms with E-state index in [1.807, 2.05) is 25.1 Å². The average Bonchev–Trinajstić information content (AvgIpc) is 2.92. The number of aromatic hydroxyl groups is 1. The fourth-order valence-electron chi connectivity index (χ4n) is 2.83. The van der Waals surface area contributed by atoms with Crippen molar-refractivity contribution in [3.05, 3.63) is 65.0 Å². The Morgan fingerprint density at radius 1 is 1.14 bits per heavy atom. The Kier molecular flexibility index (Phi) is 2.57. The van der Waals surface area contributed by atoms with E-state index in [2.05, 4.69) is 22.3 Å². The molecule has 1 N–H and O–H groups in total. The molecule has 0 radical (unpaired) electrons. The lowest BCUT2D eigenvalue weighted by atomic mass is 9.77. The maximum Gasteiger partial charge on any atom is 0.258 e. The molecule has 0 saturated heterocycles. The van der Waals surface area contributed by atoms with Crippen molar-refractivity contribution in [3.8, 4) is 17.2 Å². The molecule has 1 heterocycles. The molecule has 1 aliphatic rings. The van der Waals surface area contributed by atoms with Crippen molar-refractivity contribution in [1.29, 1.82) is 0 Å².